The molecule has 1 aliphatic rings. The highest BCUT2D eigenvalue weighted by Gasteiger charge is 2.21. The van der Waals surface area contributed by atoms with E-state index in [2.05, 4.69) is 21.2 Å². The van der Waals surface area contributed by atoms with Gasteiger partial charge in [-0.1, -0.05) is 0 Å². The summed E-state index contributed by atoms with van der Waals surface area (Å²) in [6, 6.07) is 1.65. The summed E-state index contributed by atoms with van der Waals surface area (Å²) in [5, 5.41) is 13.3. The van der Waals surface area contributed by atoms with Gasteiger partial charge >= 0.3 is 0 Å². The van der Waals surface area contributed by atoms with Crippen molar-refractivity contribution in [2.24, 2.45) is 5.92 Å². The molecule has 3 nitrogen and oxygen atoms in total. The quantitative estimate of drug-likeness (QED) is 0.900. The maximum absolute atomic E-state index is 13.7. The molecule has 0 atom stereocenters. The summed E-state index contributed by atoms with van der Waals surface area (Å²) < 4.78 is 18.9. The predicted molar refractivity (Wildman–Crippen MR) is 71.6 cm³/mol. The Labute approximate surface area is 114 Å². The van der Waals surface area contributed by atoms with Gasteiger partial charge in [-0.15, -0.1) is 0 Å². The molecule has 1 heterocycles. The summed E-state index contributed by atoms with van der Waals surface area (Å²) in [7, 11) is 1.36. The van der Waals surface area contributed by atoms with Crippen LogP contribution in [0.1, 0.15) is 18.4 Å². The van der Waals surface area contributed by atoms with Gasteiger partial charge in [0, 0.05) is 0 Å². The molecule has 5 heteroatoms. The van der Waals surface area contributed by atoms with E-state index in [1.807, 2.05) is 0 Å². The van der Waals surface area contributed by atoms with E-state index in [9.17, 15) is 9.50 Å². The van der Waals surface area contributed by atoms with Gasteiger partial charge in [0.15, 0.2) is 17.3 Å². The smallest absolute Gasteiger partial charge is 0.198 e. The van der Waals surface area contributed by atoms with Crippen LogP contribution in [0.15, 0.2) is 10.5 Å². The molecule has 1 aromatic carbocycles. The Morgan fingerprint density at radius 1 is 1.50 bits per heavy atom. The highest BCUT2D eigenvalue weighted by Crippen LogP contribution is 2.38. The van der Waals surface area contributed by atoms with Gasteiger partial charge in [-0.25, -0.2) is 4.39 Å². The van der Waals surface area contributed by atoms with Crippen molar-refractivity contribution in [1.29, 1.82) is 0 Å². The molecule has 0 amide bonds. The number of aromatic hydroxyl groups is 1. The van der Waals surface area contributed by atoms with E-state index in [0.29, 0.717) is 10.4 Å². The van der Waals surface area contributed by atoms with Crippen LogP contribution in [0.2, 0.25) is 0 Å². The third-order valence-corrected chi connectivity index (χ3v) is 3.98. The molecule has 18 heavy (non-hydrogen) atoms. The van der Waals surface area contributed by atoms with Crippen LogP contribution < -0.4 is 10.1 Å². The lowest BCUT2D eigenvalue weighted by Crippen LogP contribution is -2.28. The molecule has 0 radical (unpaired) electrons. The Kier molecular flexibility index (Phi) is 4.45. The lowest BCUT2D eigenvalue weighted by Gasteiger charge is -2.23. The molecule has 2 rings (SSSR count). The Morgan fingerprint density at radius 3 is 2.78 bits per heavy atom. The first-order chi connectivity index (χ1) is 8.63. The summed E-state index contributed by atoms with van der Waals surface area (Å²) >= 11 is 3.16. The molecule has 0 aliphatic carbocycles. The van der Waals surface area contributed by atoms with Crippen molar-refractivity contribution < 1.29 is 14.2 Å². The number of halogens is 2. The van der Waals surface area contributed by atoms with E-state index >= 15 is 0 Å². The fraction of sp³-hybridized carbons (Fsp3) is 0.538. The van der Waals surface area contributed by atoms with Crippen LogP contribution in [0.4, 0.5) is 4.39 Å². The van der Waals surface area contributed by atoms with Crippen LogP contribution in [-0.2, 0) is 6.42 Å². The van der Waals surface area contributed by atoms with Gasteiger partial charge in [0.2, 0.25) is 0 Å². The second kappa shape index (κ2) is 5.89. The molecule has 0 aromatic heterocycles. The molecule has 0 unspecified atom stereocenters. The minimum absolute atomic E-state index is 0.0725. The van der Waals surface area contributed by atoms with Crippen molar-refractivity contribution in [3.8, 4) is 11.5 Å². The number of ether oxygens (including phenoxy) is 1. The topological polar surface area (TPSA) is 41.5 Å². The molecule has 1 fully saturated rings. The molecule has 1 aliphatic heterocycles. The van der Waals surface area contributed by atoms with E-state index in [0.717, 1.165) is 37.9 Å². The average Bonchev–Trinajstić information content (AvgIpc) is 2.38. The largest absolute Gasteiger partial charge is 0.504 e. The highest BCUT2D eigenvalue weighted by molar-refractivity contribution is 9.10. The molecule has 1 aromatic rings. The van der Waals surface area contributed by atoms with Crippen LogP contribution in [0.3, 0.4) is 0 Å². The Hall–Kier alpha value is -0.810. The average molecular weight is 318 g/mol. The fourth-order valence-electron chi connectivity index (χ4n) is 2.38. The number of nitrogens with one attached hydrogen (secondary N) is 1. The van der Waals surface area contributed by atoms with Gasteiger partial charge in [-0.2, -0.15) is 0 Å². The number of piperidine rings is 1. The number of methoxy groups -OCH3 is 1. The maximum atomic E-state index is 13.7. The van der Waals surface area contributed by atoms with Crippen LogP contribution in [0.25, 0.3) is 0 Å². The van der Waals surface area contributed by atoms with E-state index < -0.39 is 5.82 Å². The molecular weight excluding hydrogens is 301 g/mol. The zero-order chi connectivity index (χ0) is 13.1. The number of phenols is 1. The number of benzene rings is 1. The minimum atomic E-state index is -0.552. The fourth-order valence-corrected chi connectivity index (χ4v) is 2.84. The van der Waals surface area contributed by atoms with Crippen LogP contribution in [0.5, 0.6) is 11.5 Å². The lowest BCUT2D eigenvalue weighted by molar-refractivity contribution is 0.338. The van der Waals surface area contributed by atoms with E-state index in [1.165, 1.54) is 7.11 Å². The zero-order valence-electron chi connectivity index (χ0n) is 10.3. The first-order valence-corrected chi connectivity index (χ1v) is 6.87. The van der Waals surface area contributed by atoms with Gasteiger partial charge < -0.3 is 15.2 Å². The van der Waals surface area contributed by atoms with Crippen molar-refractivity contribution in [2.45, 2.75) is 19.3 Å². The Bertz CT molecular complexity index is 433. The molecule has 1 saturated heterocycles. The molecule has 2 N–H and O–H groups in total. The minimum Gasteiger partial charge on any atom is -0.504 e. The molecule has 0 saturated carbocycles. The monoisotopic (exact) mass is 317 g/mol. The third kappa shape index (κ3) is 2.78. The van der Waals surface area contributed by atoms with Gasteiger partial charge in [0.25, 0.3) is 0 Å². The van der Waals surface area contributed by atoms with Gasteiger partial charge in [0.1, 0.15) is 0 Å². The van der Waals surface area contributed by atoms with Gasteiger partial charge in [0.05, 0.1) is 11.6 Å². The normalized spacial score (nSPS) is 16.8. The summed E-state index contributed by atoms with van der Waals surface area (Å²) in [5.41, 5.74) is 0.743. The molecule has 0 spiro atoms. The van der Waals surface area contributed by atoms with Crippen LogP contribution in [0, 0.1) is 11.7 Å². The summed E-state index contributed by atoms with van der Waals surface area (Å²) in [6.45, 7) is 2.01. The third-order valence-electron chi connectivity index (χ3n) is 3.40. The summed E-state index contributed by atoms with van der Waals surface area (Å²) in [4.78, 5) is 0. The van der Waals surface area contributed by atoms with E-state index in [4.69, 9.17) is 4.74 Å². The highest BCUT2D eigenvalue weighted by atomic mass is 79.9. The standard InChI is InChI=1S/C13H17BrFNO2/c1-18-13-11(15)10(14)7-9(12(13)17)6-8-2-4-16-5-3-8/h7-8,16-17H,2-6H2,1H3. The molecule has 0 bridgehead atoms. The van der Waals surface area contributed by atoms with Crippen LogP contribution in [-0.4, -0.2) is 25.3 Å². The summed E-state index contributed by atoms with van der Waals surface area (Å²) in [5.74, 6) is -0.173. The van der Waals surface area contributed by atoms with E-state index in [-0.39, 0.29) is 11.5 Å². The lowest BCUT2D eigenvalue weighted by atomic mass is 9.90. The zero-order valence-corrected chi connectivity index (χ0v) is 11.9. The van der Waals surface area contributed by atoms with Crippen LogP contribution >= 0.6 is 15.9 Å². The van der Waals surface area contributed by atoms with Crippen molar-refractivity contribution in [2.75, 3.05) is 20.2 Å². The maximum Gasteiger partial charge on any atom is 0.198 e. The second-order valence-electron chi connectivity index (χ2n) is 4.61. The number of rotatable bonds is 3. The SMILES string of the molecule is COc1c(O)c(CC2CCNCC2)cc(Br)c1F. The van der Waals surface area contributed by atoms with Crippen molar-refractivity contribution in [1.82, 2.24) is 5.32 Å². The molecular formula is C13H17BrFNO2. The van der Waals surface area contributed by atoms with Gasteiger partial charge in [-0.05, 0) is 65.8 Å². The van der Waals surface area contributed by atoms with Crippen molar-refractivity contribution in [3.63, 3.8) is 0 Å². The first-order valence-electron chi connectivity index (χ1n) is 6.08. The number of hydrogen-bond donors (Lipinski definition) is 2. The number of phenolic OH excluding ortho intramolecular Hbond substituents is 1. The second-order valence-corrected chi connectivity index (χ2v) is 5.47. The Morgan fingerprint density at radius 2 is 2.17 bits per heavy atom. The molecule has 100 valence electrons. The Balaban J connectivity index is 2.24. The van der Waals surface area contributed by atoms with E-state index in [1.54, 1.807) is 6.07 Å². The first kappa shape index (κ1) is 13.6. The van der Waals surface area contributed by atoms with Crippen molar-refractivity contribution >= 4 is 15.9 Å². The van der Waals surface area contributed by atoms with Gasteiger partial charge in [-0.3, -0.25) is 0 Å². The summed E-state index contributed by atoms with van der Waals surface area (Å²) in [6.07, 6.45) is 2.91. The predicted octanol–water partition coefficient (Wildman–Crippen LogP) is 2.84. The van der Waals surface area contributed by atoms with Crippen molar-refractivity contribution in [3.05, 3.63) is 21.9 Å². The number of hydrogen-bond acceptors (Lipinski definition) is 3.